The molecule has 2 rings (SSSR count). The van der Waals surface area contributed by atoms with Gasteiger partial charge in [-0.3, -0.25) is 9.36 Å². The van der Waals surface area contributed by atoms with Crippen LogP contribution in [0.3, 0.4) is 0 Å². The number of amides is 1. The SMILES string of the molecule is Cn1cnn(CC(=O)NCC2CCCCC2O)c1=O. The van der Waals surface area contributed by atoms with E-state index >= 15 is 0 Å². The molecule has 0 spiro atoms. The largest absolute Gasteiger partial charge is 0.393 e. The van der Waals surface area contributed by atoms with E-state index in [0.717, 1.165) is 30.4 Å². The van der Waals surface area contributed by atoms with Crippen molar-refractivity contribution in [3.63, 3.8) is 0 Å². The monoisotopic (exact) mass is 268 g/mol. The lowest BCUT2D eigenvalue weighted by Gasteiger charge is -2.27. The van der Waals surface area contributed by atoms with Crippen molar-refractivity contribution in [2.24, 2.45) is 13.0 Å². The number of hydrogen-bond acceptors (Lipinski definition) is 4. The maximum Gasteiger partial charge on any atom is 0.345 e. The van der Waals surface area contributed by atoms with Gasteiger partial charge in [0.25, 0.3) is 0 Å². The van der Waals surface area contributed by atoms with E-state index in [0.29, 0.717) is 6.54 Å². The van der Waals surface area contributed by atoms with Gasteiger partial charge in [-0.1, -0.05) is 12.8 Å². The van der Waals surface area contributed by atoms with E-state index in [1.54, 1.807) is 7.05 Å². The van der Waals surface area contributed by atoms with Gasteiger partial charge in [-0.15, -0.1) is 0 Å². The average molecular weight is 268 g/mol. The maximum absolute atomic E-state index is 11.7. The highest BCUT2D eigenvalue weighted by Gasteiger charge is 2.23. The first-order valence-electron chi connectivity index (χ1n) is 6.61. The summed E-state index contributed by atoms with van der Waals surface area (Å²) in [4.78, 5) is 23.2. The third-order valence-electron chi connectivity index (χ3n) is 3.61. The molecule has 1 saturated carbocycles. The number of nitrogens with one attached hydrogen (secondary N) is 1. The highest BCUT2D eigenvalue weighted by Crippen LogP contribution is 2.23. The summed E-state index contributed by atoms with van der Waals surface area (Å²) in [6.45, 7) is 0.379. The Balaban J connectivity index is 1.81. The molecule has 1 aliphatic carbocycles. The number of rotatable bonds is 4. The van der Waals surface area contributed by atoms with Crippen LogP contribution in [0.1, 0.15) is 25.7 Å². The van der Waals surface area contributed by atoms with Crippen LogP contribution in [0.5, 0.6) is 0 Å². The van der Waals surface area contributed by atoms with Crippen LogP contribution in [0.15, 0.2) is 11.1 Å². The summed E-state index contributed by atoms with van der Waals surface area (Å²) in [7, 11) is 1.59. The molecular weight excluding hydrogens is 248 g/mol. The number of nitrogens with zero attached hydrogens (tertiary/aromatic N) is 3. The van der Waals surface area contributed by atoms with Crippen molar-refractivity contribution >= 4 is 5.91 Å². The fourth-order valence-corrected chi connectivity index (χ4v) is 2.39. The number of aliphatic hydroxyl groups is 1. The molecule has 1 heterocycles. The molecule has 0 radical (unpaired) electrons. The van der Waals surface area contributed by atoms with E-state index in [1.807, 2.05) is 0 Å². The standard InChI is InChI=1S/C12H20N4O3/c1-15-8-14-16(12(15)19)7-11(18)13-6-9-4-2-3-5-10(9)17/h8-10,17H,2-7H2,1H3,(H,13,18). The van der Waals surface area contributed by atoms with Crippen LogP contribution in [-0.2, 0) is 18.4 Å². The normalized spacial score (nSPS) is 23.3. The summed E-state index contributed by atoms with van der Waals surface area (Å²) >= 11 is 0. The molecule has 1 aromatic rings. The van der Waals surface area contributed by atoms with Crippen molar-refractivity contribution in [1.29, 1.82) is 0 Å². The second-order valence-corrected chi connectivity index (χ2v) is 5.10. The first-order chi connectivity index (χ1) is 9.08. The number of carbonyl (C=O) groups is 1. The molecule has 0 aromatic carbocycles. The summed E-state index contributed by atoms with van der Waals surface area (Å²) < 4.78 is 2.44. The Labute approximate surface area is 111 Å². The first-order valence-corrected chi connectivity index (χ1v) is 6.61. The second kappa shape index (κ2) is 6.01. The van der Waals surface area contributed by atoms with Gasteiger partial charge in [-0.25, -0.2) is 9.48 Å². The lowest BCUT2D eigenvalue weighted by molar-refractivity contribution is -0.122. The first kappa shape index (κ1) is 13.8. The molecule has 7 nitrogen and oxygen atoms in total. The Bertz CT molecular complexity index is 493. The minimum Gasteiger partial charge on any atom is -0.393 e. The molecule has 106 valence electrons. The van der Waals surface area contributed by atoms with Crippen LogP contribution >= 0.6 is 0 Å². The molecule has 0 saturated heterocycles. The van der Waals surface area contributed by atoms with Gasteiger partial charge in [0, 0.05) is 19.5 Å². The average Bonchev–Trinajstić information content (AvgIpc) is 2.70. The maximum atomic E-state index is 11.7. The molecule has 0 aliphatic heterocycles. The fraction of sp³-hybridized carbons (Fsp3) is 0.750. The molecule has 1 aromatic heterocycles. The molecule has 1 fully saturated rings. The number of aromatic nitrogens is 3. The van der Waals surface area contributed by atoms with Crippen molar-refractivity contribution in [3.8, 4) is 0 Å². The Morgan fingerprint density at radius 2 is 2.26 bits per heavy atom. The van der Waals surface area contributed by atoms with Gasteiger partial charge in [0.15, 0.2) is 0 Å². The van der Waals surface area contributed by atoms with E-state index in [9.17, 15) is 14.7 Å². The van der Waals surface area contributed by atoms with Gasteiger partial charge in [-0.05, 0) is 12.8 Å². The third kappa shape index (κ3) is 3.44. The molecule has 19 heavy (non-hydrogen) atoms. The smallest absolute Gasteiger partial charge is 0.345 e. The lowest BCUT2D eigenvalue weighted by Crippen LogP contribution is -2.39. The van der Waals surface area contributed by atoms with Crippen LogP contribution in [0.2, 0.25) is 0 Å². The zero-order valence-electron chi connectivity index (χ0n) is 11.1. The quantitative estimate of drug-likeness (QED) is 0.752. The number of aliphatic hydroxyl groups excluding tert-OH is 1. The van der Waals surface area contributed by atoms with Crippen molar-refractivity contribution in [3.05, 3.63) is 16.8 Å². The number of carbonyl (C=O) groups excluding carboxylic acids is 1. The Morgan fingerprint density at radius 1 is 1.53 bits per heavy atom. The Morgan fingerprint density at radius 3 is 2.89 bits per heavy atom. The molecule has 2 unspecified atom stereocenters. The summed E-state index contributed by atoms with van der Waals surface area (Å²) in [5.41, 5.74) is -0.312. The highest BCUT2D eigenvalue weighted by molar-refractivity contribution is 5.75. The van der Waals surface area contributed by atoms with Crippen molar-refractivity contribution in [1.82, 2.24) is 19.7 Å². The molecule has 2 N–H and O–H groups in total. The number of hydrogen-bond donors (Lipinski definition) is 2. The summed E-state index contributed by atoms with van der Waals surface area (Å²) in [6.07, 6.45) is 4.93. The minimum absolute atomic E-state index is 0.0809. The highest BCUT2D eigenvalue weighted by atomic mass is 16.3. The lowest BCUT2D eigenvalue weighted by atomic mass is 9.86. The van der Waals surface area contributed by atoms with E-state index in [4.69, 9.17) is 0 Å². The van der Waals surface area contributed by atoms with Gasteiger partial charge in [0.1, 0.15) is 12.9 Å². The fourth-order valence-electron chi connectivity index (χ4n) is 2.39. The van der Waals surface area contributed by atoms with Crippen molar-refractivity contribution in [2.45, 2.75) is 38.3 Å². The van der Waals surface area contributed by atoms with Gasteiger partial charge < -0.3 is 10.4 Å². The van der Waals surface area contributed by atoms with Gasteiger partial charge >= 0.3 is 5.69 Å². The summed E-state index contributed by atoms with van der Waals surface area (Å²) in [6, 6.07) is 0. The van der Waals surface area contributed by atoms with Crippen LogP contribution in [0.25, 0.3) is 0 Å². The molecule has 1 amide bonds. The predicted molar refractivity (Wildman–Crippen MR) is 68.4 cm³/mol. The van der Waals surface area contributed by atoms with Crippen molar-refractivity contribution in [2.75, 3.05) is 6.54 Å². The topological polar surface area (TPSA) is 89.2 Å². The van der Waals surface area contributed by atoms with Crippen LogP contribution in [-0.4, -0.2) is 38.0 Å². The van der Waals surface area contributed by atoms with Crippen LogP contribution in [0.4, 0.5) is 0 Å². The van der Waals surface area contributed by atoms with E-state index in [1.165, 1.54) is 10.9 Å². The van der Waals surface area contributed by atoms with Gasteiger partial charge in [-0.2, -0.15) is 5.10 Å². The third-order valence-corrected chi connectivity index (χ3v) is 3.61. The predicted octanol–water partition coefficient (Wildman–Crippen LogP) is -0.751. The van der Waals surface area contributed by atoms with Gasteiger partial charge in [0.05, 0.1) is 6.10 Å². The molecule has 7 heteroatoms. The van der Waals surface area contributed by atoms with Gasteiger partial charge in [0.2, 0.25) is 5.91 Å². The van der Waals surface area contributed by atoms with E-state index < -0.39 is 0 Å². The Hall–Kier alpha value is -1.63. The minimum atomic E-state index is -0.327. The number of aryl methyl sites for hydroxylation is 1. The van der Waals surface area contributed by atoms with Crippen LogP contribution < -0.4 is 11.0 Å². The zero-order valence-corrected chi connectivity index (χ0v) is 11.1. The van der Waals surface area contributed by atoms with Crippen molar-refractivity contribution < 1.29 is 9.90 Å². The zero-order chi connectivity index (χ0) is 13.8. The Kier molecular flexibility index (Phi) is 4.36. The van der Waals surface area contributed by atoms with E-state index in [-0.39, 0.29) is 30.2 Å². The molecule has 0 bridgehead atoms. The summed E-state index contributed by atoms with van der Waals surface area (Å²) in [5.74, 6) is -0.128. The second-order valence-electron chi connectivity index (χ2n) is 5.10. The van der Waals surface area contributed by atoms with E-state index in [2.05, 4.69) is 10.4 Å². The molecular formula is C12H20N4O3. The molecule has 1 aliphatic rings. The summed E-state index contributed by atoms with van der Waals surface area (Å²) in [5, 5.41) is 16.4. The van der Waals surface area contributed by atoms with Crippen LogP contribution in [0, 0.1) is 5.92 Å². The molecule has 2 atom stereocenters.